The Labute approximate surface area is 193 Å². The number of hydrogen-bond donors (Lipinski definition) is 2. The monoisotopic (exact) mass is 528 g/mol. The van der Waals surface area contributed by atoms with Crippen molar-refractivity contribution >= 4 is 47.2 Å². The third-order valence-corrected chi connectivity index (χ3v) is 6.23. The van der Waals surface area contributed by atoms with E-state index in [1.54, 1.807) is 6.07 Å². The van der Waals surface area contributed by atoms with Gasteiger partial charge in [0.25, 0.3) is 0 Å². The summed E-state index contributed by atoms with van der Waals surface area (Å²) in [4.78, 5) is 6.83. The first-order chi connectivity index (χ1) is 13.5. The third-order valence-electron chi connectivity index (χ3n) is 5.93. The number of halogens is 3. The number of guanidine groups is 1. The number of nitrogens with one attached hydrogen (secondary N) is 1. The lowest BCUT2D eigenvalue weighted by molar-refractivity contribution is 0.279. The fraction of sp³-hybridized carbons (Fsp3) is 0.409. The van der Waals surface area contributed by atoms with Crippen LogP contribution in [0.4, 0.5) is 10.1 Å². The van der Waals surface area contributed by atoms with Gasteiger partial charge in [-0.3, -0.25) is 9.89 Å². The lowest BCUT2D eigenvalue weighted by Crippen LogP contribution is -2.26. The molecule has 1 aliphatic carbocycles. The van der Waals surface area contributed by atoms with Gasteiger partial charge in [0.2, 0.25) is 0 Å². The van der Waals surface area contributed by atoms with Gasteiger partial charge in [0.15, 0.2) is 5.96 Å². The first-order valence-electron chi connectivity index (χ1n) is 9.85. The number of nitrogens with zero attached hydrogens (tertiary/aromatic N) is 2. The minimum absolute atomic E-state index is 0. The first kappa shape index (κ1) is 22.3. The van der Waals surface area contributed by atoms with Gasteiger partial charge in [0.05, 0.1) is 5.02 Å². The zero-order valence-corrected chi connectivity index (χ0v) is 19.6. The molecule has 3 N–H and O–H groups in total. The van der Waals surface area contributed by atoms with Gasteiger partial charge < -0.3 is 11.1 Å². The number of benzene rings is 2. The summed E-state index contributed by atoms with van der Waals surface area (Å²) < 4.78 is 13.9. The average molecular weight is 529 g/mol. The maximum atomic E-state index is 13.9. The maximum Gasteiger partial charge on any atom is 0.193 e. The van der Waals surface area contributed by atoms with Gasteiger partial charge >= 0.3 is 0 Å². The topological polar surface area (TPSA) is 53.6 Å². The van der Waals surface area contributed by atoms with Crippen molar-refractivity contribution in [2.45, 2.75) is 31.7 Å². The molecule has 0 spiro atoms. The second kappa shape index (κ2) is 9.62. The van der Waals surface area contributed by atoms with E-state index in [1.165, 1.54) is 30.0 Å². The molecular formula is C22H27ClFIN4. The summed E-state index contributed by atoms with van der Waals surface area (Å²) in [5.74, 6) is 0.332. The maximum absolute atomic E-state index is 13.9. The fourth-order valence-electron chi connectivity index (χ4n) is 4.49. The van der Waals surface area contributed by atoms with Crippen LogP contribution in [0.5, 0.6) is 0 Å². The Morgan fingerprint density at radius 3 is 2.83 bits per heavy atom. The van der Waals surface area contributed by atoms with E-state index >= 15 is 0 Å². The van der Waals surface area contributed by atoms with Gasteiger partial charge in [-0.05, 0) is 86.1 Å². The molecule has 4 rings (SSSR count). The summed E-state index contributed by atoms with van der Waals surface area (Å²) in [6.07, 6.45) is 4.53. The number of anilines is 1. The number of fused-ring (bicyclic) bond motifs is 1. The average Bonchev–Trinajstić information content (AvgIpc) is 3.28. The van der Waals surface area contributed by atoms with E-state index in [0.29, 0.717) is 12.5 Å². The molecular weight excluding hydrogens is 502 g/mol. The Hall–Kier alpha value is -1.38. The van der Waals surface area contributed by atoms with Crippen LogP contribution in [-0.2, 0) is 12.8 Å². The zero-order valence-electron chi connectivity index (χ0n) is 16.5. The van der Waals surface area contributed by atoms with E-state index in [9.17, 15) is 4.39 Å². The molecule has 1 heterocycles. The molecule has 2 unspecified atom stereocenters. The predicted octanol–water partition coefficient (Wildman–Crippen LogP) is 5.01. The zero-order chi connectivity index (χ0) is 19.7. The number of aryl methyl sites for hydroxylation is 2. The molecule has 7 heteroatoms. The standard InChI is InChI=1S/C22H26ClFN4.HI/c1-28-10-9-17(21(28)16-6-8-19(23)20(24)12-16)13-26-22(25)27-18-7-5-14-3-2-4-15(14)11-18;/h5-8,11-12,17,21H,2-4,9-10,13H2,1H3,(H3,25,26,27);1H. The molecule has 156 valence electrons. The van der Waals surface area contributed by atoms with Crippen molar-refractivity contribution in [2.75, 3.05) is 25.5 Å². The van der Waals surface area contributed by atoms with Crippen LogP contribution in [0.2, 0.25) is 5.02 Å². The van der Waals surface area contributed by atoms with Crippen LogP contribution in [0.25, 0.3) is 0 Å². The van der Waals surface area contributed by atoms with Crippen LogP contribution in [0, 0.1) is 11.7 Å². The summed E-state index contributed by atoms with van der Waals surface area (Å²) in [6, 6.07) is 11.6. The quantitative estimate of drug-likeness (QED) is 0.333. The molecule has 0 radical (unpaired) electrons. The lowest BCUT2D eigenvalue weighted by Gasteiger charge is -2.25. The minimum Gasteiger partial charge on any atom is -0.370 e. The van der Waals surface area contributed by atoms with Crippen molar-refractivity contribution in [3.8, 4) is 0 Å². The molecule has 1 saturated heterocycles. The number of likely N-dealkylation sites (tertiary alicyclic amines) is 1. The molecule has 0 bridgehead atoms. The number of rotatable bonds is 4. The van der Waals surface area contributed by atoms with Gasteiger partial charge in [-0.1, -0.05) is 23.7 Å². The molecule has 29 heavy (non-hydrogen) atoms. The highest BCUT2D eigenvalue weighted by atomic mass is 127. The van der Waals surface area contributed by atoms with Crippen LogP contribution in [-0.4, -0.2) is 31.0 Å². The Morgan fingerprint density at radius 2 is 2.03 bits per heavy atom. The van der Waals surface area contributed by atoms with Gasteiger partial charge in [0.1, 0.15) is 5.82 Å². The van der Waals surface area contributed by atoms with Crippen molar-refractivity contribution in [3.05, 3.63) is 63.9 Å². The van der Waals surface area contributed by atoms with Crippen LogP contribution < -0.4 is 11.1 Å². The summed E-state index contributed by atoms with van der Waals surface area (Å²) in [5, 5.41) is 3.37. The molecule has 2 aromatic rings. The largest absolute Gasteiger partial charge is 0.370 e. The van der Waals surface area contributed by atoms with Crippen molar-refractivity contribution in [1.29, 1.82) is 0 Å². The highest BCUT2D eigenvalue weighted by Crippen LogP contribution is 2.37. The molecule has 4 nitrogen and oxygen atoms in total. The second-order valence-electron chi connectivity index (χ2n) is 7.84. The Bertz CT molecular complexity index is 904. The van der Waals surface area contributed by atoms with Crippen LogP contribution >= 0.6 is 35.6 Å². The Balaban J connectivity index is 0.00000240. The highest BCUT2D eigenvalue weighted by Gasteiger charge is 2.33. The van der Waals surface area contributed by atoms with E-state index in [4.69, 9.17) is 17.3 Å². The summed E-state index contributed by atoms with van der Waals surface area (Å²) >= 11 is 5.84. The van der Waals surface area contributed by atoms with E-state index in [-0.39, 0.29) is 46.8 Å². The second-order valence-corrected chi connectivity index (χ2v) is 8.24. The number of aliphatic imine (C=N–C) groups is 1. The summed E-state index contributed by atoms with van der Waals surface area (Å²) in [6.45, 7) is 1.55. The van der Waals surface area contributed by atoms with E-state index in [2.05, 4.69) is 40.5 Å². The minimum atomic E-state index is -0.375. The molecule has 0 aromatic heterocycles. The Morgan fingerprint density at radius 1 is 1.24 bits per heavy atom. The van der Waals surface area contributed by atoms with Crippen LogP contribution in [0.15, 0.2) is 41.4 Å². The van der Waals surface area contributed by atoms with E-state index in [1.807, 2.05) is 6.07 Å². The van der Waals surface area contributed by atoms with Crippen molar-refractivity contribution < 1.29 is 4.39 Å². The first-order valence-corrected chi connectivity index (χ1v) is 10.2. The van der Waals surface area contributed by atoms with Gasteiger partial charge in [-0.25, -0.2) is 4.39 Å². The van der Waals surface area contributed by atoms with E-state index in [0.717, 1.165) is 30.6 Å². The van der Waals surface area contributed by atoms with Crippen LogP contribution in [0.1, 0.15) is 35.6 Å². The molecule has 1 fully saturated rings. The molecule has 1 aliphatic heterocycles. The molecule has 0 amide bonds. The molecule has 0 saturated carbocycles. The van der Waals surface area contributed by atoms with Gasteiger partial charge in [0, 0.05) is 18.3 Å². The lowest BCUT2D eigenvalue weighted by atomic mass is 9.94. The van der Waals surface area contributed by atoms with Crippen molar-refractivity contribution in [3.63, 3.8) is 0 Å². The highest BCUT2D eigenvalue weighted by molar-refractivity contribution is 14.0. The SMILES string of the molecule is CN1CCC(CN=C(N)Nc2ccc3c(c2)CCC3)C1c1ccc(Cl)c(F)c1.I. The fourth-order valence-corrected chi connectivity index (χ4v) is 4.61. The Kier molecular flexibility index (Phi) is 7.40. The summed E-state index contributed by atoms with van der Waals surface area (Å²) in [7, 11) is 2.06. The van der Waals surface area contributed by atoms with Gasteiger partial charge in [-0.15, -0.1) is 24.0 Å². The number of nitrogens with two attached hydrogens (primary N) is 1. The summed E-state index contributed by atoms with van der Waals surface area (Å²) in [5.41, 5.74) is 10.9. The van der Waals surface area contributed by atoms with Crippen LogP contribution in [0.3, 0.4) is 0 Å². The smallest absolute Gasteiger partial charge is 0.193 e. The normalized spacial score (nSPS) is 21.7. The number of hydrogen-bond acceptors (Lipinski definition) is 2. The van der Waals surface area contributed by atoms with E-state index < -0.39 is 0 Å². The van der Waals surface area contributed by atoms with Crippen molar-refractivity contribution in [1.82, 2.24) is 4.90 Å². The molecule has 2 aliphatic rings. The predicted molar refractivity (Wildman–Crippen MR) is 129 cm³/mol. The molecule has 2 aromatic carbocycles. The van der Waals surface area contributed by atoms with Crippen molar-refractivity contribution in [2.24, 2.45) is 16.6 Å². The van der Waals surface area contributed by atoms with Gasteiger partial charge in [-0.2, -0.15) is 0 Å². The molecule has 2 atom stereocenters. The third kappa shape index (κ3) is 5.03.